The van der Waals surface area contributed by atoms with Gasteiger partial charge in [0.2, 0.25) is 0 Å². The molecule has 1 aromatic carbocycles. The third-order valence-electron chi connectivity index (χ3n) is 4.26. The van der Waals surface area contributed by atoms with E-state index in [-0.39, 0.29) is 5.92 Å². The number of aromatic nitrogens is 1. The number of carbonyl (C=O) groups is 2. The number of carboxylic acid groups (broad SMARTS) is 1. The molecule has 4 N–H and O–H groups in total. The second kappa shape index (κ2) is 5.64. The molecule has 2 heterocycles. The maximum atomic E-state index is 11.6. The lowest BCUT2D eigenvalue weighted by atomic mass is 9.89. The lowest BCUT2D eigenvalue weighted by Gasteiger charge is -2.29. The van der Waals surface area contributed by atoms with E-state index in [1.807, 2.05) is 12.3 Å². The van der Waals surface area contributed by atoms with Crippen molar-refractivity contribution in [1.29, 1.82) is 0 Å². The van der Waals surface area contributed by atoms with Crippen LogP contribution in [0.3, 0.4) is 0 Å². The Morgan fingerprint density at radius 2 is 2.00 bits per heavy atom. The summed E-state index contributed by atoms with van der Waals surface area (Å²) >= 11 is 3.42. The molecular formula is C15H16BrN3O3. The Bertz CT molecular complexity index is 748. The third kappa shape index (κ3) is 2.56. The molecule has 0 bridgehead atoms. The first-order chi connectivity index (χ1) is 10.5. The smallest absolute Gasteiger partial charge is 0.407 e. The summed E-state index contributed by atoms with van der Waals surface area (Å²) in [4.78, 5) is 27.2. The van der Waals surface area contributed by atoms with Crippen LogP contribution in [0.2, 0.25) is 0 Å². The monoisotopic (exact) mass is 365 g/mol. The van der Waals surface area contributed by atoms with Crippen molar-refractivity contribution in [3.63, 3.8) is 0 Å². The number of carbonyl (C=O) groups excluding carboxylic acids is 1. The maximum Gasteiger partial charge on any atom is 0.407 e. The molecule has 22 heavy (non-hydrogen) atoms. The van der Waals surface area contributed by atoms with Crippen LogP contribution < -0.4 is 5.73 Å². The zero-order valence-corrected chi connectivity index (χ0v) is 13.4. The number of rotatable bonds is 2. The molecular weight excluding hydrogens is 350 g/mol. The topological polar surface area (TPSA) is 99.4 Å². The minimum atomic E-state index is -0.865. The minimum absolute atomic E-state index is 0.277. The molecule has 0 radical (unpaired) electrons. The Hall–Kier alpha value is -2.02. The van der Waals surface area contributed by atoms with Gasteiger partial charge < -0.3 is 20.7 Å². The van der Waals surface area contributed by atoms with Gasteiger partial charge in [0.05, 0.1) is 11.1 Å². The quantitative estimate of drug-likeness (QED) is 0.762. The molecule has 0 saturated carbocycles. The molecule has 1 saturated heterocycles. The van der Waals surface area contributed by atoms with E-state index < -0.39 is 12.0 Å². The Balaban J connectivity index is 1.96. The van der Waals surface area contributed by atoms with E-state index in [4.69, 9.17) is 10.8 Å². The van der Waals surface area contributed by atoms with Gasteiger partial charge >= 0.3 is 6.09 Å². The summed E-state index contributed by atoms with van der Waals surface area (Å²) in [5, 5.41) is 9.99. The van der Waals surface area contributed by atoms with E-state index in [1.165, 1.54) is 4.90 Å². The van der Waals surface area contributed by atoms with Crippen LogP contribution in [-0.4, -0.2) is 40.1 Å². The van der Waals surface area contributed by atoms with Gasteiger partial charge in [-0.15, -0.1) is 0 Å². The van der Waals surface area contributed by atoms with Crippen LogP contribution in [0.1, 0.15) is 34.7 Å². The number of nitrogens with two attached hydrogens (primary N) is 1. The third-order valence-corrected chi connectivity index (χ3v) is 4.71. The van der Waals surface area contributed by atoms with Gasteiger partial charge in [0.1, 0.15) is 0 Å². The molecule has 2 amide bonds. The summed E-state index contributed by atoms with van der Waals surface area (Å²) < 4.78 is 0.803. The average molecular weight is 366 g/mol. The Morgan fingerprint density at radius 1 is 1.32 bits per heavy atom. The summed E-state index contributed by atoms with van der Waals surface area (Å²) in [5.41, 5.74) is 7.75. The van der Waals surface area contributed by atoms with Crippen molar-refractivity contribution in [3.05, 3.63) is 33.9 Å². The van der Waals surface area contributed by atoms with Gasteiger partial charge in [0.15, 0.2) is 0 Å². The van der Waals surface area contributed by atoms with Crippen LogP contribution in [0.4, 0.5) is 4.79 Å². The van der Waals surface area contributed by atoms with Gasteiger partial charge in [-0.05, 0) is 36.5 Å². The van der Waals surface area contributed by atoms with Crippen molar-refractivity contribution < 1.29 is 14.7 Å². The number of amides is 2. The molecule has 1 aromatic heterocycles. The summed E-state index contributed by atoms with van der Waals surface area (Å²) in [6.07, 6.45) is 2.59. The number of halogens is 1. The number of likely N-dealkylation sites (tertiary alicyclic amines) is 1. The summed E-state index contributed by atoms with van der Waals surface area (Å²) in [5.74, 6) is -0.195. The second-order valence-electron chi connectivity index (χ2n) is 5.53. The maximum absolute atomic E-state index is 11.6. The highest BCUT2D eigenvalue weighted by molar-refractivity contribution is 9.10. The molecule has 116 valence electrons. The zero-order chi connectivity index (χ0) is 15.9. The number of hydrogen-bond donors (Lipinski definition) is 3. The largest absolute Gasteiger partial charge is 0.465 e. The van der Waals surface area contributed by atoms with Crippen molar-refractivity contribution >= 4 is 38.8 Å². The van der Waals surface area contributed by atoms with Gasteiger partial charge in [-0.2, -0.15) is 0 Å². The normalized spacial score (nSPS) is 16.1. The number of benzene rings is 1. The number of nitrogens with zero attached hydrogens (tertiary/aromatic N) is 1. The highest BCUT2D eigenvalue weighted by Crippen LogP contribution is 2.35. The predicted octanol–water partition coefficient (Wildman–Crippen LogP) is 2.89. The van der Waals surface area contributed by atoms with Crippen LogP contribution in [-0.2, 0) is 0 Å². The SMILES string of the molecule is NC(=O)c1cc(Br)cc2c(C3CCN(C(=O)O)CC3)c[nH]c12. The fraction of sp³-hybridized carbons (Fsp3) is 0.333. The molecule has 0 spiro atoms. The Kier molecular flexibility index (Phi) is 3.82. The van der Waals surface area contributed by atoms with E-state index >= 15 is 0 Å². The van der Waals surface area contributed by atoms with E-state index in [0.29, 0.717) is 18.7 Å². The van der Waals surface area contributed by atoms with Crippen LogP contribution in [0.15, 0.2) is 22.8 Å². The number of fused-ring (bicyclic) bond motifs is 1. The molecule has 3 rings (SSSR count). The summed E-state index contributed by atoms with van der Waals surface area (Å²) in [6, 6.07) is 3.68. The van der Waals surface area contributed by atoms with Crippen molar-refractivity contribution in [1.82, 2.24) is 9.88 Å². The van der Waals surface area contributed by atoms with Gasteiger partial charge in [-0.25, -0.2) is 4.79 Å². The zero-order valence-electron chi connectivity index (χ0n) is 11.8. The van der Waals surface area contributed by atoms with Gasteiger partial charge in [-0.1, -0.05) is 15.9 Å². The lowest BCUT2D eigenvalue weighted by molar-refractivity contribution is 0.100. The van der Waals surface area contributed by atoms with Crippen LogP contribution in [0, 0.1) is 0 Å². The van der Waals surface area contributed by atoms with Crippen molar-refractivity contribution in [3.8, 4) is 0 Å². The molecule has 1 aliphatic rings. The Morgan fingerprint density at radius 3 is 2.59 bits per heavy atom. The minimum Gasteiger partial charge on any atom is -0.465 e. The highest BCUT2D eigenvalue weighted by atomic mass is 79.9. The molecule has 1 aliphatic heterocycles. The molecule has 2 aromatic rings. The van der Waals surface area contributed by atoms with Crippen molar-refractivity contribution in [2.24, 2.45) is 5.73 Å². The van der Waals surface area contributed by atoms with E-state index in [9.17, 15) is 9.59 Å². The lowest BCUT2D eigenvalue weighted by Crippen LogP contribution is -2.36. The second-order valence-corrected chi connectivity index (χ2v) is 6.44. The molecule has 7 heteroatoms. The van der Waals surface area contributed by atoms with Crippen molar-refractivity contribution in [2.45, 2.75) is 18.8 Å². The molecule has 1 fully saturated rings. The van der Waals surface area contributed by atoms with Gasteiger partial charge in [-0.3, -0.25) is 4.79 Å². The molecule has 0 atom stereocenters. The van der Waals surface area contributed by atoms with E-state index in [2.05, 4.69) is 20.9 Å². The summed E-state index contributed by atoms with van der Waals surface area (Å²) in [7, 11) is 0. The number of H-pyrrole nitrogens is 1. The standard InChI is InChI=1S/C15H16BrN3O3/c16-9-5-10-12(7-18-13(10)11(6-9)14(17)20)8-1-3-19(4-2-8)15(21)22/h5-8,18H,1-4H2,(H2,17,20)(H,21,22). The first-order valence-corrected chi connectivity index (χ1v) is 7.85. The van der Waals surface area contributed by atoms with Crippen molar-refractivity contribution in [2.75, 3.05) is 13.1 Å². The Labute approximate surface area is 135 Å². The van der Waals surface area contributed by atoms with Crippen LogP contribution in [0.5, 0.6) is 0 Å². The number of piperidine rings is 1. The molecule has 6 nitrogen and oxygen atoms in total. The highest BCUT2D eigenvalue weighted by Gasteiger charge is 2.26. The predicted molar refractivity (Wildman–Crippen MR) is 86.1 cm³/mol. The fourth-order valence-electron chi connectivity index (χ4n) is 3.13. The molecule has 0 aliphatic carbocycles. The number of aromatic amines is 1. The fourth-order valence-corrected chi connectivity index (χ4v) is 3.59. The average Bonchev–Trinajstić information content (AvgIpc) is 2.89. The summed E-state index contributed by atoms with van der Waals surface area (Å²) in [6.45, 7) is 1.06. The molecule has 0 unspecified atom stereocenters. The number of nitrogens with one attached hydrogen (secondary N) is 1. The number of primary amides is 1. The first-order valence-electron chi connectivity index (χ1n) is 7.05. The van der Waals surface area contributed by atoms with Gasteiger partial charge in [0.25, 0.3) is 5.91 Å². The first kappa shape index (κ1) is 14.9. The van der Waals surface area contributed by atoms with E-state index in [1.54, 1.807) is 6.07 Å². The number of hydrogen-bond acceptors (Lipinski definition) is 2. The van der Waals surface area contributed by atoms with Crippen LogP contribution >= 0.6 is 15.9 Å². The van der Waals surface area contributed by atoms with Gasteiger partial charge in [0, 0.05) is 29.1 Å². The van der Waals surface area contributed by atoms with Crippen LogP contribution in [0.25, 0.3) is 10.9 Å². The van der Waals surface area contributed by atoms with E-state index in [0.717, 1.165) is 33.8 Å².